The summed E-state index contributed by atoms with van der Waals surface area (Å²) in [7, 11) is -3.42. The van der Waals surface area contributed by atoms with Crippen molar-refractivity contribution in [1.29, 1.82) is 0 Å². The van der Waals surface area contributed by atoms with Gasteiger partial charge in [0.2, 0.25) is 10.0 Å². The quantitative estimate of drug-likeness (QED) is 0.852. The number of amides is 1. The molecule has 0 bridgehead atoms. The summed E-state index contributed by atoms with van der Waals surface area (Å²) in [5, 5.41) is 0.305. The number of hydrogen-bond acceptors (Lipinski definition) is 5. The molecule has 0 atom stereocenters. The second-order valence-electron chi connectivity index (χ2n) is 3.88. The molecule has 2 heterocycles. The normalized spacial score (nSPS) is 15.2. The van der Waals surface area contributed by atoms with Crippen molar-refractivity contribution in [2.24, 2.45) is 5.73 Å². The molecule has 0 aromatic carbocycles. The third-order valence-corrected chi connectivity index (χ3v) is 5.22. The van der Waals surface area contributed by atoms with Gasteiger partial charge in [0.1, 0.15) is 5.00 Å². The molecular weight excluding hydrogens is 276 g/mol. The molecule has 1 aromatic rings. The number of nitrogens with one attached hydrogen (secondary N) is 1. The molecule has 0 spiro atoms. The largest absolute Gasteiger partial charge is 0.376 e. The van der Waals surface area contributed by atoms with E-state index in [1.807, 2.05) is 0 Å². The molecule has 0 fully saturated rings. The van der Waals surface area contributed by atoms with Crippen LogP contribution in [-0.2, 0) is 27.8 Å². The molecule has 0 radical (unpaired) electrons. The Balaban J connectivity index is 2.47. The molecule has 6 nitrogen and oxygen atoms in total. The first-order valence-corrected chi connectivity index (χ1v) is 7.94. The zero-order valence-corrected chi connectivity index (χ0v) is 11.5. The number of anilines is 1. The predicted molar refractivity (Wildman–Crippen MR) is 69.3 cm³/mol. The third-order valence-electron chi connectivity index (χ3n) is 2.69. The number of carbonyl (C=O) groups excluding carboxylic acids is 1. The maximum Gasteiger partial charge on any atom is 0.252 e. The standard InChI is InChI=1S/C10H14N2O4S2/c1-2-18(14,15)12-10-8(9(11)13)6-3-4-16-5-7(6)17-10/h12H,2-5H2,1H3,(H2,11,13). The Labute approximate surface area is 109 Å². The van der Waals surface area contributed by atoms with Crippen LogP contribution in [0.2, 0.25) is 0 Å². The topological polar surface area (TPSA) is 98.5 Å². The van der Waals surface area contributed by atoms with Gasteiger partial charge in [0, 0.05) is 4.88 Å². The monoisotopic (exact) mass is 290 g/mol. The van der Waals surface area contributed by atoms with E-state index in [1.165, 1.54) is 18.3 Å². The lowest BCUT2D eigenvalue weighted by molar-refractivity contribution is 0.0991. The molecule has 8 heteroatoms. The van der Waals surface area contributed by atoms with Gasteiger partial charge in [-0.25, -0.2) is 8.42 Å². The van der Waals surface area contributed by atoms with E-state index in [4.69, 9.17) is 10.5 Å². The SMILES string of the molecule is CCS(=O)(=O)Nc1sc2c(c1C(N)=O)CCOC2. The highest BCUT2D eigenvalue weighted by atomic mass is 32.2. The van der Waals surface area contributed by atoms with Crippen LogP contribution in [0.1, 0.15) is 27.7 Å². The van der Waals surface area contributed by atoms with Crippen LogP contribution in [-0.4, -0.2) is 26.7 Å². The van der Waals surface area contributed by atoms with Crippen molar-refractivity contribution in [1.82, 2.24) is 0 Å². The number of rotatable bonds is 4. The van der Waals surface area contributed by atoms with Crippen molar-refractivity contribution >= 4 is 32.3 Å². The van der Waals surface area contributed by atoms with Gasteiger partial charge in [0.25, 0.3) is 5.91 Å². The minimum Gasteiger partial charge on any atom is -0.376 e. The molecule has 0 saturated carbocycles. The van der Waals surface area contributed by atoms with Crippen molar-refractivity contribution in [3.05, 3.63) is 16.0 Å². The number of hydrogen-bond donors (Lipinski definition) is 2. The molecule has 0 saturated heterocycles. The highest BCUT2D eigenvalue weighted by Gasteiger charge is 2.26. The Morgan fingerprint density at radius 2 is 2.28 bits per heavy atom. The Kier molecular flexibility index (Phi) is 3.60. The van der Waals surface area contributed by atoms with Crippen LogP contribution in [0.3, 0.4) is 0 Å². The highest BCUT2D eigenvalue weighted by molar-refractivity contribution is 7.92. The fourth-order valence-electron chi connectivity index (χ4n) is 1.78. The summed E-state index contributed by atoms with van der Waals surface area (Å²) >= 11 is 1.22. The van der Waals surface area contributed by atoms with Gasteiger partial charge in [-0.2, -0.15) is 0 Å². The summed E-state index contributed by atoms with van der Waals surface area (Å²) in [6, 6.07) is 0. The van der Waals surface area contributed by atoms with Crippen LogP contribution < -0.4 is 10.5 Å². The van der Waals surface area contributed by atoms with Crippen molar-refractivity contribution in [3.63, 3.8) is 0 Å². The number of thiophene rings is 1. The van der Waals surface area contributed by atoms with E-state index < -0.39 is 15.9 Å². The minimum atomic E-state index is -3.42. The minimum absolute atomic E-state index is 0.0513. The van der Waals surface area contributed by atoms with Crippen LogP contribution in [0.4, 0.5) is 5.00 Å². The van der Waals surface area contributed by atoms with E-state index in [2.05, 4.69) is 4.72 Å². The van der Waals surface area contributed by atoms with Crippen molar-refractivity contribution in [2.75, 3.05) is 17.1 Å². The summed E-state index contributed by atoms with van der Waals surface area (Å²) in [6.45, 7) is 2.45. The number of ether oxygens (including phenoxy) is 1. The molecule has 1 amide bonds. The van der Waals surface area contributed by atoms with E-state index in [-0.39, 0.29) is 11.3 Å². The molecule has 0 unspecified atom stereocenters. The average molecular weight is 290 g/mol. The van der Waals surface area contributed by atoms with E-state index in [0.717, 1.165) is 10.4 Å². The summed E-state index contributed by atoms with van der Waals surface area (Å²) in [6.07, 6.45) is 0.581. The van der Waals surface area contributed by atoms with Crippen LogP contribution >= 0.6 is 11.3 Å². The van der Waals surface area contributed by atoms with Gasteiger partial charge in [-0.05, 0) is 18.9 Å². The lowest BCUT2D eigenvalue weighted by Crippen LogP contribution is -2.20. The van der Waals surface area contributed by atoms with Gasteiger partial charge >= 0.3 is 0 Å². The van der Waals surface area contributed by atoms with Crippen LogP contribution in [0.5, 0.6) is 0 Å². The molecule has 3 N–H and O–H groups in total. The number of primary amides is 1. The Morgan fingerprint density at radius 3 is 2.89 bits per heavy atom. The third kappa shape index (κ3) is 2.50. The predicted octanol–water partition coefficient (Wildman–Crippen LogP) is 0.681. The van der Waals surface area contributed by atoms with Gasteiger partial charge < -0.3 is 10.5 Å². The molecular formula is C10H14N2O4S2. The zero-order valence-electron chi connectivity index (χ0n) is 9.86. The van der Waals surface area contributed by atoms with E-state index in [0.29, 0.717) is 24.6 Å². The first-order valence-electron chi connectivity index (χ1n) is 5.47. The summed E-state index contributed by atoms with van der Waals surface area (Å²) in [5.41, 5.74) is 6.44. The summed E-state index contributed by atoms with van der Waals surface area (Å²) < 4.78 is 30.8. The molecule has 0 aliphatic carbocycles. The number of sulfonamides is 1. The van der Waals surface area contributed by atoms with Crippen LogP contribution in [0.25, 0.3) is 0 Å². The van der Waals surface area contributed by atoms with Gasteiger partial charge in [0.05, 0.1) is 24.5 Å². The van der Waals surface area contributed by atoms with Gasteiger partial charge in [-0.3, -0.25) is 9.52 Å². The Morgan fingerprint density at radius 1 is 1.56 bits per heavy atom. The average Bonchev–Trinajstić information content (AvgIpc) is 2.65. The van der Waals surface area contributed by atoms with E-state index in [9.17, 15) is 13.2 Å². The second-order valence-corrected chi connectivity index (χ2v) is 7.00. The summed E-state index contributed by atoms with van der Waals surface area (Å²) in [4.78, 5) is 12.3. The van der Waals surface area contributed by atoms with Crippen LogP contribution in [0.15, 0.2) is 0 Å². The smallest absolute Gasteiger partial charge is 0.252 e. The zero-order chi connectivity index (χ0) is 13.3. The van der Waals surface area contributed by atoms with E-state index >= 15 is 0 Å². The molecule has 1 aliphatic rings. The van der Waals surface area contributed by atoms with Crippen LogP contribution in [0, 0.1) is 0 Å². The molecule has 1 aromatic heterocycles. The first-order chi connectivity index (χ1) is 8.44. The molecule has 18 heavy (non-hydrogen) atoms. The molecule has 1 aliphatic heterocycles. The lowest BCUT2D eigenvalue weighted by atomic mass is 10.1. The van der Waals surface area contributed by atoms with Crippen molar-refractivity contribution in [3.8, 4) is 0 Å². The lowest BCUT2D eigenvalue weighted by Gasteiger charge is -2.12. The van der Waals surface area contributed by atoms with Gasteiger partial charge in [-0.1, -0.05) is 0 Å². The number of fused-ring (bicyclic) bond motifs is 1. The van der Waals surface area contributed by atoms with Crippen molar-refractivity contribution < 1.29 is 17.9 Å². The van der Waals surface area contributed by atoms with Gasteiger partial charge in [0.15, 0.2) is 0 Å². The Bertz CT molecular complexity index is 577. The second kappa shape index (κ2) is 4.87. The van der Waals surface area contributed by atoms with Crippen molar-refractivity contribution in [2.45, 2.75) is 20.0 Å². The number of carbonyl (C=O) groups is 1. The Hall–Kier alpha value is -1.12. The molecule has 100 valence electrons. The van der Waals surface area contributed by atoms with E-state index in [1.54, 1.807) is 0 Å². The fourth-order valence-corrected chi connectivity index (χ4v) is 3.90. The number of nitrogens with two attached hydrogens (primary N) is 1. The molecule has 2 rings (SSSR count). The summed E-state index contributed by atoms with van der Waals surface area (Å²) in [5.74, 6) is -0.659. The maximum absolute atomic E-state index is 11.6. The first kappa shape index (κ1) is 13.3. The highest BCUT2D eigenvalue weighted by Crippen LogP contribution is 2.36. The maximum atomic E-state index is 11.6. The van der Waals surface area contributed by atoms with Gasteiger partial charge in [-0.15, -0.1) is 11.3 Å². The fraction of sp³-hybridized carbons (Fsp3) is 0.500.